The number of nitrogens with zero attached hydrogens (tertiary/aromatic N) is 2. The van der Waals surface area contributed by atoms with E-state index in [1.165, 1.54) is 6.07 Å². The van der Waals surface area contributed by atoms with E-state index in [0.29, 0.717) is 12.1 Å². The van der Waals surface area contributed by atoms with Gasteiger partial charge in [0.1, 0.15) is 17.8 Å². The van der Waals surface area contributed by atoms with Crippen molar-refractivity contribution in [2.45, 2.75) is 39.4 Å². The Labute approximate surface area is 141 Å². The third-order valence-electron chi connectivity index (χ3n) is 6.00. The fourth-order valence-electron chi connectivity index (χ4n) is 4.52. The summed E-state index contributed by atoms with van der Waals surface area (Å²) in [4.78, 5) is 4.53. The van der Waals surface area contributed by atoms with Crippen LogP contribution in [0.1, 0.15) is 37.8 Å². The van der Waals surface area contributed by atoms with Gasteiger partial charge in [-0.2, -0.15) is 0 Å². The van der Waals surface area contributed by atoms with Crippen LogP contribution in [0.2, 0.25) is 0 Å². The molecular formula is C20H22F2N2. The summed E-state index contributed by atoms with van der Waals surface area (Å²) < 4.78 is 28.4. The molecule has 2 aromatic carbocycles. The fraction of sp³-hybridized carbons (Fsp3) is 0.400. The highest BCUT2D eigenvalue weighted by Crippen LogP contribution is 2.52. The highest BCUT2D eigenvalue weighted by atomic mass is 19.1. The highest BCUT2D eigenvalue weighted by molar-refractivity contribution is 5.78. The number of hydrogen-bond donors (Lipinski definition) is 0. The van der Waals surface area contributed by atoms with Crippen LogP contribution in [0.5, 0.6) is 0 Å². The first-order valence-corrected chi connectivity index (χ1v) is 8.38. The van der Waals surface area contributed by atoms with Gasteiger partial charge in [0.2, 0.25) is 0 Å². The molecule has 2 aromatic rings. The lowest BCUT2D eigenvalue weighted by atomic mass is 9.73. The van der Waals surface area contributed by atoms with E-state index < -0.39 is 11.6 Å². The molecule has 0 fully saturated rings. The standard InChI is InChI=1S/C20H22F2N2/c1-12-14-9-13(21)10-16(22)15(14)11-24-18-8-6-5-7-17(18)23(4)19(24)20(12,2)3/h5-10,12,19H,11H2,1-4H3. The number of rotatable bonds is 0. The maximum absolute atomic E-state index is 14.6. The minimum Gasteiger partial charge on any atom is -0.352 e. The van der Waals surface area contributed by atoms with E-state index in [9.17, 15) is 8.78 Å². The Bertz CT molecular complexity index is 815. The third kappa shape index (κ3) is 1.92. The molecule has 0 saturated heterocycles. The third-order valence-corrected chi connectivity index (χ3v) is 6.00. The van der Waals surface area contributed by atoms with Crippen molar-refractivity contribution < 1.29 is 8.78 Å². The molecule has 4 rings (SSSR count). The molecule has 2 nitrogen and oxygen atoms in total. The maximum Gasteiger partial charge on any atom is 0.131 e. The molecule has 0 aliphatic carbocycles. The Morgan fingerprint density at radius 3 is 2.46 bits per heavy atom. The lowest BCUT2D eigenvalue weighted by molar-refractivity contribution is 0.236. The number of para-hydroxylation sites is 2. The van der Waals surface area contributed by atoms with Crippen molar-refractivity contribution in [3.05, 3.63) is 59.2 Å². The molecule has 126 valence electrons. The lowest BCUT2D eigenvalue weighted by Gasteiger charge is -2.43. The smallest absolute Gasteiger partial charge is 0.131 e. The second-order valence-corrected chi connectivity index (χ2v) is 7.60. The molecule has 0 amide bonds. The van der Waals surface area contributed by atoms with Gasteiger partial charge in [-0.15, -0.1) is 0 Å². The monoisotopic (exact) mass is 328 g/mol. The summed E-state index contributed by atoms with van der Waals surface area (Å²) in [5.74, 6) is -0.908. The molecular weight excluding hydrogens is 306 g/mol. The van der Waals surface area contributed by atoms with Crippen LogP contribution < -0.4 is 9.80 Å². The van der Waals surface area contributed by atoms with Crippen LogP contribution in [0, 0.1) is 17.0 Å². The largest absolute Gasteiger partial charge is 0.352 e. The van der Waals surface area contributed by atoms with Crippen LogP contribution in [-0.2, 0) is 6.54 Å². The first-order valence-electron chi connectivity index (χ1n) is 8.38. The van der Waals surface area contributed by atoms with Gasteiger partial charge >= 0.3 is 0 Å². The van der Waals surface area contributed by atoms with Crippen LogP contribution in [0.3, 0.4) is 0 Å². The minimum absolute atomic E-state index is 0.0319. The number of hydrogen-bond acceptors (Lipinski definition) is 2. The van der Waals surface area contributed by atoms with Gasteiger partial charge in [-0.3, -0.25) is 0 Å². The summed E-state index contributed by atoms with van der Waals surface area (Å²) in [6.45, 7) is 6.92. The molecule has 4 heteroatoms. The van der Waals surface area contributed by atoms with Crippen molar-refractivity contribution in [3.63, 3.8) is 0 Å². The molecule has 0 bridgehead atoms. The van der Waals surface area contributed by atoms with Crippen LogP contribution in [0.25, 0.3) is 0 Å². The Kier molecular flexibility index (Phi) is 3.18. The summed E-state index contributed by atoms with van der Waals surface area (Å²) in [5.41, 5.74) is 3.50. The molecule has 24 heavy (non-hydrogen) atoms. The Morgan fingerprint density at radius 1 is 1.08 bits per heavy atom. The zero-order valence-corrected chi connectivity index (χ0v) is 14.5. The molecule has 0 spiro atoms. The number of anilines is 2. The van der Waals surface area contributed by atoms with Crippen molar-refractivity contribution >= 4 is 11.4 Å². The fourth-order valence-corrected chi connectivity index (χ4v) is 4.52. The predicted octanol–water partition coefficient (Wildman–Crippen LogP) is 4.89. The van der Waals surface area contributed by atoms with Crippen molar-refractivity contribution in [1.82, 2.24) is 0 Å². The Morgan fingerprint density at radius 2 is 1.75 bits per heavy atom. The topological polar surface area (TPSA) is 6.48 Å². The van der Waals surface area contributed by atoms with Gasteiger partial charge < -0.3 is 9.80 Å². The van der Waals surface area contributed by atoms with Gasteiger partial charge in [0, 0.05) is 30.6 Å². The van der Waals surface area contributed by atoms with Gasteiger partial charge in [0.15, 0.2) is 0 Å². The molecule has 2 aliphatic rings. The zero-order chi connectivity index (χ0) is 17.2. The molecule has 0 aromatic heterocycles. The first-order chi connectivity index (χ1) is 11.3. The van der Waals surface area contributed by atoms with Gasteiger partial charge in [-0.1, -0.05) is 32.9 Å². The number of halogens is 2. The van der Waals surface area contributed by atoms with Crippen molar-refractivity contribution in [2.75, 3.05) is 16.8 Å². The molecule has 0 saturated carbocycles. The summed E-state index contributed by atoms with van der Waals surface area (Å²) in [7, 11) is 2.09. The summed E-state index contributed by atoms with van der Waals surface area (Å²) in [6, 6.07) is 10.7. The van der Waals surface area contributed by atoms with Crippen molar-refractivity contribution in [1.29, 1.82) is 0 Å². The van der Waals surface area contributed by atoms with Crippen LogP contribution in [0.15, 0.2) is 36.4 Å². The maximum atomic E-state index is 14.6. The van der Waals surface area contributed by atoms with E-state index in [1.807, 2.05) is 12.1 Å². The number of fused-ring (bicyclic) bond motifs is 4. The van der Waals surface area contributed by atoms with E-state index >= 15 is 0 Å². The van der Waals surface area contributed by atoms with E-state index in [-0.39, 0.29) is 17.5 Å². The average Bonchev–Trinajstić information content (AvgIpc) is 2.77. The average molecular weight is 328 g/mol. The lowest BCUT2D eigenvalue weighted by Crippen LogP contribution is -2.51. The van der Waals surface area contributed by atoms with E-state index in [0.717, 1.165) is 23.0 Å². The molecule has 2 heterocycles. The quantitative estimate of drug-likeness (QED) is 0.679. The minimum atomic E-state index is -0.496. The molecule has 2 aliphatic heterocycles. The second kappa shape index (κ2) is 4.95. The highest BCUT2D eigenvalue weighted by Gasteiger charge is 2.49. The molecule has 2 unspecified atom stereocenters. The molecule has 2 atom stereocenters. The normalized spacial score (nSPS) is 24.2. The van der Waals surface area contributed by atoms with Gasteiger partial charge in [0.05, 0.1) is 11.4 Å². The van der Waals surface area contributed by atoms with E-state index in [4.69, 9.17) is 0 Å². The van der Waals surface area contributed by atoms with Crippen LogP contribution >= 0.6 is 0 Å². The van der Waals surface area contributed by atoms with Crippen LogP contribution in [0.4, 0.5) is 20.2 Å². The Hall–Kier alpha value is -2.10. The van der Waals surface area contributed by atoms with Gasteiger partial charge in [0.25, 0.3) is 0 Å². The summed E-state index contributed by atoms with van der Waals surface area (Å²) in [6.07, 6.45) is 0.0970. The SMILES string of the molecule is CC1c2cc(F)cc(F)c2CN2c3ccccc3N(C)C2C1(C)C. The van der Waals surface area contributed by atoms with Crippen molar-refractivity contribution in [3.8, 4) is 0 Å². The van der Waals surface area contributed by atoms with E-state index in [1.54, 1.807) is 0 Å². The van der Waals surface area contributed by atoms with Crippen molar-refractivity contribution in [2.24, 2.45) is 5.41 Å². The van der Waals surface area contributed by atoms with Crippen LogP contribution in [-0.4, -0.2) is 13.2 Å². The first kappa shape index (κ1) is 15.4. The van der Waals surface area contributed by atoms with Gasteiger partial charge in [-0.25, -0.2) is 8.78 Å². The molecule has 0 radical (unpaired) electrons. The summed E-state index contributed by atoms with van der Waals surface area (Å²) in [5, 5.41) is 0. The zero-order valence-electron chi connectivity index (χ0n) is 14.5. The Balaban J connectivity index is 1.96. The van der Waals surface area contributed by atoms with Gasteiger partial charge in [-0.05, 0) is 29.7 Å². The number of benzene rings is 2. The molecule has 0 N–H and O–H groups in total. The second-order valence-electron chi connectivity index (χ2n) is 7.60. The summed E-state index contributed by atoms with van der Waals surface area (Å²) >= 11 is 0. The predicted molar refractivity (Wildman–Crippen MR) is 93.4 cm³/mol. The van der Waals surface area contributed by atoms with E-state index in [2.05, 4.69) is 49.8 Å².